The lowest BCUT2D eigenvalue weighted by atomic mass is 10.0. The molecule has 2 heterocycles. The van der Waals surface area contributed by atoms with E-state index >= 15 is 0 Å². The third-order valence-corrected chi connectivity index (χ3v) is 5.15. The van der Waals surface area contributed by atoms with Crippen LogP contribution in [0.5, 0.6) is 0 Å². The van der Waals surface area contributed by atoms with Crippen LogP contribution in [0.4, 0.5) is 4.39 Å². The summed E-state index contributed by atoms with van der Waals surface area (Å²) in [5, 5.41) is 4.26. The van der Waals surface area contributed by atoms with Gasteiger partial charge in [-0.2, -0.15) is 0 Å². The van der Waals surface area contributed by atoms with Gasteiger partial charge >= 0.3 is 0 Å². The van der Waals surface area contributed by atoms with Crippen LogP contribution >= 0.6 is 0 Å². The number of fused-ring (bicyclic) bond motifs is 1. The lowest BCUT2D eigenvalue weighted by Crippen LogP contribution is -2.31. The fraction of sp³-hybridized carbons (Fsp3) is 0.217. The van der Waals surface area contributed by atoms with Gasteiger partial charge in [-0.1, -0.05) is 30.3 Å². The van der Waals surface area contributed by atoms with Gasteiger partial charge in [0.05, 0.1) is 0 Å². The summed E-state index contributed by atoms with van der Waals surface area (Å²) in [6.07, 6.45) is 7.49. The molecule has 0 aliphatic rings. The van der Waals surface area contributed by atoms with E-state index in [0.717, 1.165) is 23.9 Å². The molecule has 0 aliphatic carbocycles. The summed E-state index contributed by atoms with van der Waals surface area (Å²) < 4.78 is 15.2. The van der Waals surface area contributed by atoms with Gasteiger partial charge in [0.15, 0.2) is 0 Å². The number of aromatic nitrogens is 3. The van der Waals surface area contributed by atoms with Crippen molar-refractivity contribution in [2.24, 2.45) is 7.05 Å². The first-order valence-electron chi connectivity index (χ1n) is 9.69. The molecule has 0 fully saturated rings. The Balaban J connectivity index is 1.43. The van der Waals surface area contributed by atoms with E-state index in [0.29, 0.717) is 12.2 Å². The maximum Gasteiger partial charge on any atom is 0.220 e. The number of amides is 1. The van der Waals surface area contributed by atoms with Crippen LogP contribution in [0.1, 0.15) is 35.8 Å². The minimum Gasteiger partial charge on any atom is -0.361 e. The number of nitrogens with one attached hydrogen (secondary N) is 2. The fourth-order valence-electron chi connectivity index (χ4n) is 3.62. The van der Waals surface area contributed by atoms with Crippen molar-refractivity contribution in [1.29, 1.82) is 0 Å². The quantitative estimate of drug-likeness (QED) is 0.495. The highest BCUT2D eigenvalue weighted by atomic mass is 19.1. The van der Waals surface area contributed by atoms with Crippen LogP contribution in [-0.2, 0) is 18.3 Å². The molecule has 0 bridgehead atoms. The second-order valence-corrected chi connectivity index (χ2v) is 7.16. The zero-order valence-electron chi connectivity index (χ0n) is 16.2. The molecule has 0 saturated heterocycles. The molecule has 2 aromatic carbocycles. The summed E-state index contributed by atoms with van der Waals surface area (Å²) in [6, 6.07) is 13.9. The Morgan fingerprint density at radius 1 is 1.21 bits per heavy atom. The number of benzene rings is 2. The number of para-hydroxylation sites is 1. The first-order valence-corrected chi connectivity index (χ1v) is 9.69. The molecule has 5 nitrogen and oxygen atoms in total. The zero-order valence-corrected chi connectivity index (χ0v) is 16.2. The summed E-state index contributed by atoms with van der Waals surface area (Å²) in [5.74, 6) is 0.348. The highest BCUT2D eigenvalue weighted by Gasteiger charge is 2.20. The lowest BCUT2D eigenvalue weighted by molar-refractivity contribution is -0.121. The Morgan fingerprint density at radius 2 is 2.00 bits per heavy atom. The van der Waals surface area contributed by atoms with Gasteiger partial charge in [-0.3, -0.25) is 4.79 Å². The number of hydrogen-bond donors (Lipinski definition) is 2. The SMILES string of the molecule is Cn1ccnc1C(NC(=O)CCCc1c[nH]c2ccccc12)c1ccc(F)cc1. The number of aromatic amines is 1. The summed E-state index contributed by atoms with van der Waals surface area (Å²) >= 11 is 0. The molecule has 1 atom stereocenters. The minimum absolute atomic E-state index is 0.0535. The normalized spacial score (nSPS) is 12.2. The number of rotatable bonds is 7. The van der Waals surface area contributed by atoms with Gasteiger partial charge in [0.25, 0.3) is 0 Å². The van der Waals surface area contributed by atoms with E-state index in [4.69, 9.17) is 0 Å². The van der Waals surface area contributed by atoms with Crippen molar-refractivity contribution in [1.82, 2.24) is 19.9 Å². The van der Waals surface area contributed by atoms with Crippen LogP contribution in [0, 0.1) is 5.82 Å². The Kier molecular flexibility index (Phi) is 5.42. The van der Waals surface area contributed by atoms with Gasteiger partial charge in [0.2, 0.25) is 5.91 Å². The molecule has 2 N–H and O–H groups in total. The van der Waals surface area contributed by atoms with E-state index < -0.39 is 6.04 Å². The summed E-state index contributed by atoms with van der Waals surface area (Å²) in [5.41, 5.74) is 3.12. The topological polar surface area (TPSA) is 62.7 Å². The van der Waals surface area contributed by atoms with Crippen LogP contribution in [0.25, 0.3) is 10.9 Å². The smallest absolute Gasteiger partial charge is 0.220 e. The summed E-state index contributed by atoms with van der Waals surface area (Å²) in [4.78, 5) is 20.3. The van der Waals surface area contributed by atoms with Crippen LogP contribution < -0.4 is 5.32 Å². The van der Waals surface area contributed by atoms with Gasteiger partial charge in [-0.05, 0) is 42.2 Å². The van der Waals surface area contributed by atoms with Crippen LogP contribution in [0.15, 0.2) is 67.1 Å². The Morgan fingerprint density at radius 3 is 2.76 bits per heavy atom. The van der Waals surface area contributed by atoms with Crippen molar-refractivity contribution < 1.29 is 9.18 Å². The standard InChI is InChI=1S/C23H23FN4O/c1-28-14-13-25-23(28)22(16-9-11-18(24)12-10-16)27-21(29)8-4-5-17-15-26-20-7-3-2-6-19(17)20/h2-3,6-7,9-15,22,26H,4-5,8H2,1H3,(H,27,29). The lowest BCUT2D eigenvalue weighted by Gasteiger charge is -2.19. The molecule has 29 heavy (non-hydrogen) atoms. The number of imidazole rings is 1. The largest absolute Gasteiger partial charge is 0.361 e. The van der Waals surface area contributed by atoms with E-state index in [9.17, 15) is 9.18 Å². The van der Waals surface area contributed by atoms with E-state index in [1.807, 2.05) is 42.2 Å². The molecule has 0 radical (unpaired) electrons. The first kappa shape index (κ1) is 18.9. The van der Waals surface area contributed by atoms with E-state index in [1.165, 1.54) is 23.1 Å². The molecule has 1 amide bonds. The summed E-state index contributed by atoms with van der Waals surface area (Å²) in [7, 11) is 1.88. The molecule has 4 aromatic rings. The van der Waals surface area contributed by atoms with Gasteiger partial charge < -0.3 is 14.9 Å². The number of nitrogens with zero attached hydrogens (tertiary/aromatic N) is 2. The molecule has 148 valence electrons. The number of aryl methyl sites for hydroxylation is 2. The molecule has 2 aromatic heterocycles. The average Bonchev–Trinajstić information content (AvgIpc) is 3.33. The molecular formula is C23H23FN4O. The van der Waals surface area contributed by atoms with Crippen molar-refractivity contribution in [3.63, 3.8) is 0 Å². The molecule has 0 saturated carbocycles. The van der Waals surface area contributed by atoms with Gasteiger partial charge in [0.1, 0.15) is 17.7 Å². The van der Waals surface area contributed by atoms with Crippen molar-refractivity contribution in [2.45, 2.75) is 25.3 Å². The molecule has 1 unspecified atom stereocenters. The van der Waals surface area contributed by atoms with E-state index in [2.05, 4.69) is 21.4 Å². The van der Waals surface area contributed by atoms with Crippen LogP contribution in [0.3, 0.4) is 0 Å². The third-order valence-electron chi connectivity index (χ3n) is 5.15. The number of H-pyrrole nitrogens is 1. The predicted octanol–water partition coefficient (Wildman–Crippen LogP) is 4.27. The number of carbonyl (C=O) groups excluding carboxylic acids is 1. The maximum absolute atomic E-state index is 13.3. The Hall–Kier alpha value is -3.41. The Bertz CT molecular complexity index is 1110. The van der Waals surface area contributed by atoms with Crippen molar-refractivity contribution in [2.75, 3.05) is 0 Å². The van der Waals surface area contributed by atoms with Gasteiger partial charge in [-0.15, -0.1) is 0 Å². The highest BCUT2D eigenvalue weighted by molar-refractivity contribution is 5.83. The number of halogens is 1. The second-order valence-electron chi connectivity index (χ2n) is 7.16. The molecule has 6 heteroatoms. The second kappa shape index (κ2) is 8.31. The van der Waals surface area contributed by atoms with Crippen molar-refractivity contribution in [3.05, 3.63) is 89.9 Å². The molecule has 4 rings (SSSR count). The molecule has 0 aliphatic heterocycles. The van der Waals surface area contributed by atoms with Crippen molar-refractivity contribution in [3.8, 4) is 0 Å². The zero-order chi connectivity index (χ0) is 20.2. The predicted molar refractivity (Wildman–Crippen MR) is 111 cm³/mol. The molecule has 0 spiro atoms. The number of carbonyl (C=O) groups is 1. The average molecular weight is 390 g/mol. The highest BCUT2D eigenvalue weighted by Crippen LogP contribution is 2.22. The fourth-order valence-corrected chi connectivity index (χ4v) is 3.62. The Labute approximate surface area is 168 Å². The van der Waals surface area contributed by atoms with E-state index in [1.54, 1.807) is 18.3 Å². The first-order chi connectivity index (χ1) is 14.1. The van der Waals surface area contributed by atoms with Crippen LogP contribution in [-0.4, -0.2) is 20.4 Å². The van der Waals surface area contributed by atoms with Gasteiger partial charge in [0, 0.05) is 43.0 Å². The summed E-state index contributed by atoms with van der Waals surface area (Å²) in [6.45, 7) is 0. The van der Waals surface area contributed by atoms with Crippen LogP contribution in [0.2, 0.25) is 0 Å². The van der Waals surface area contributed by atoms with Crippen molar-refractivity contribution >= 4 is 16.8 Å². The number of hydrogen-bond acceptors (Lipinski definition) is 2. The maximum atomic E-state index is 13.3. The molecular weight excluding hydrogens is 367 g/mol. The van der Waals surface area contributed by atoms with E-state index in [-0.39, 0.29) is 11.7 Å². The third kappa shape index (κ3) is 4.21. The van der Waals surface area contributed by atoms with Gasteiger partial charge in [-0.25, -0.2) is 9.37 Å². The monoisotopic (exact) mass is 390 g/mol. The minimum atomic E-state index is -0.420.